The van der Waals surface area contributed by atoms with E-state index in [1.807, 2.05) is 11.0 Å². The Hall–Kier alpha value is -1.06. The first-order valence-electron chi connectivity index (χ1n) is 7.38. The number of likely N-dealkylation sites (tertiary alicyclic amines) is 1. The highest BCUT2D eigenvalue weighted by Gasteiger charge is 2.31. The zero-order chi connectivity index (χ0) is 13.2. The second-order valence-corrected chi connectivity index (χ2v) is 5.78. The number of halogens is 1. The van der Waals surface area contributed by atoms with Crippen molar-refractivity contribution in [1.29, 1.82) is 0 Å². The van der Waals surface area contributed by atoms with Gasteiger partial charge in [-0.05, 0) is 50.9 Å². The summed E-state index contributed by atoms with van der Waals surface area (Å²) in [6.45, 7) is 4.89. The van der Waals surface area contributed by atoms with Crippen LogP contribution < -0.4 is 17.3 Å². The molecule has 2 heterocycles. The molecule has 3 rings (SSSR count). The van der Waals surface area contributed by atoms with E-state index in [9.17, 15) is 4.79 Å². The highest BCUT2D eigenvalue weighted by molar-refractivity contribution is 5.97. The molecule has 1 atom stereocenters. The van der Waals surface area contributed by atoms with E-state index in [1.165, 1.54) is 24.8 Å². The lowest BCUT2D eigenvalue weighted by atomic mass is 10.1. The highest BCUT2D eigenvalue weighted by Crippen LogP contribution is 2.31. The number of nitrogens with zero attached hydrogens (tertiary/aromatic N) is 2. The van der Waals surface area contributed by atoms with E-state index >= 15 is 0 Å². The molecule has 1 saturated heterocycles. The summed E-state index contributed by atoms with van der Waals surface area (Å²) in [6, 6.07) is 8.60. The Bertz CT molecular complexity index is 471. The van der Waals surface area contributed by atoms with Gasteiger partial charge in [0.25, 0.3) is 0 Å². The van der Waals surface area contributed by atoms with Crippen LogP contribution in [0.25, 0.3) is 0 Å². The van der Waals surface area contributed by atoms with Gasteiger partial charge in [0.05, 0.1) is 6.54 Å². The highest BCUT2D eigenvalue weighted by atomic mass is 35.5. The fraction of sp³-hybridized carbons (Fsp3) is 0.562. The van der Waals surface area contributed by atoms with Crippen LogP contribution in [0.2, 0.25) is 0 Å². The number of hydrogen-bond donors (Lipinski definition) is 0. The van der Waals surface area contributed by atoms with Gasteiger partial charge in [0.1, 0.15) is 0 Å². The molecule has 1 amide bonds. The first kappa shape index (κ1) is 15.3. The minimum atomic E-state index is 0. The predicted octanol–water partition coefficient (Wildman–Crippen LogP) is -0.546. The molecule has 0 radical (unpaired) electrons. The van der Waals surface area contributed by atoms with Crippen LogP contribution in [0.1, 0.15) is 31.7 Å². The molecule has 2 aliphatic rings. The van der Waals surface area contributed by atoms with Gasteiger partial charge in [-0.1, -0.05) is 24.6 Å². The van der Waals surface area contributed by atoms with E-state index in [-0.39, 0.29) is 18.3 Å². The summed E-state index contributed by atoms with van der Waals surface area (Å²) in [6.07, 6.45) is 4.77. The molecule has 0 N–H and O–H groups in total. The molecule has 0 aliphatic carbocycles. The van der Waals surface area contributed by atoms with Crippen LogP contribution in [0.15, 0.2) is 24.3 Å². The van der Waals surface area contributed by atoms with Gasteiger partial charge in [-0.3, -0.25) is 9.69 Å². The molecule has 3 nitrogen and oxygen atoms in total. The van der Waals surface area contributed by atoms with Gasteiger partial charge in [0.2, 0.25) is 5.91 Å². The Morgan fingerprint density at radius 3 is 2.65 bits per heavy atom. The van der Waals surface area contributed by atoms with Crippen LogP contribution in [0.4, 0.5) is 5.69 Å². The van der Waals surface area contributed by atoms with Gasteiger partial charge in [-0.15, -0.1) is 0 Å². The van der Waals surface area contributed by atoms with Gasteiger partial charge in [-0.25, -0.2) is 0 Å². The third kappa shape index (κ3) is 2.99. The lowest BCUT2D eigenvalue weighted by Gasteiger charge is -2.29. The summed E-state index contributed by atoms with van der Waals surface area (Å²) >= 11 is 0. The van der Waals surface area contributed by atoms with Crippen molar-refractivity contribution in [2.75, 3.05) is 24.5 Å². The number of amides is 1. The van der Waals surface area contributed by atoms with Crippen LogP contribution in [0, 0.1) is 0 Å². The number of para-hydroxylation sites is 1. The minimum Gasteiger partial charge on any atom is -1.00 e. The van der Waals surface area contributed by atoms with Crippen molar-refractivity contribution in [2.45, 2.75) is 38.6 Å². The zero-order valence-corrected chi connectivity index (χ0v) is 12.8. The van der Waals surface area contributed by atoms with E-state index < -0.39 is 0 Å². The van der Waals surface area contributed by atoms with E-state index in [1.54, 1.807) is 0 Å². The van der Waals surface area contributed by atoms with E-state index in [4.69, 9.17) is 0 Å². The number of piperidine rings is 1. The number of anilines is 1. The Labute approximate surface area is 127 Å². The van der Waals surface area contributed by atoms with Crippen LogP contribution in [0.5, 0.6) is 0 Å². The quantitative estimate of drug-likeness (QED) is 0.731. The first-order valence-corrected chi connectivity index (χ1v) is 7.38. The number of benzene rings is 1. The number of carbonyl (C=O) groups excluding carboxylic acids is 1. The Balaban J connectivity index is 0.00000147. The predicted molar refractivity (Wildman–Crippen MR) is 77.4 cm³/mol. The standard InChI is InChI=1S/C16H22N2O.ClH/c1-13-11-14-7-3-4-8-15(14)18(13)16(19)12-17-9-5-2-6-10-17;/h3-4,7-8,13H,2,5-6,9-12H2,1H3;1H/p-1. The van der Waals surface area contributed by atoms with Crippen LogP contribution in [-0.4, -0.2) is 36.5 Å². The monoisotopic (exact) mass is 293 g/mol. The third-order valence-corrected chi connectivity index (χ3v) is 4.28. The van der Waals surface area contributed by atoms with Gasteiger partial charge >= 0.3 is 0 Å². The Kier molecular flexibility index (Phi) is 5.06. The van der Waals surface area contributed by atoms with Crippen LogP contribution >= 0.6 is 0 Å². The van der Waals surface area contributed by atoms with Crippen molar-refractivity contribution in [2.24, 2.45) is 0 Å². The average Bonchev–Trinajstić information content (AvgIpc) is 2.75. The zero-order valence-electron chi connectivity index (χ0n) is 12.0. The largest absolute Gasteiger partial charge is 1.00 e. The van der Waals surface area contributed by atoms with Gasteiger partial charge < -0.3 is 17.3 Å². The van der Waals surface area contributed by atoms with Crippen LogP contribution in [0.3, 0.4) is 0 Å². The molecule has 1 aromatic carbocycles. The summed E-state index contributed by atoms with van der Waals surface area (Å²) < 4.78 is 0. The maximum Gasteiger partial charge on any atom is 0.241 e. The third-order valence-electron chi connectivity index (χ3n) is 4.28. The molecule has 110 valence electrons. The van der Waals surface area contributed by atoms with Crippen LogP contribution in [-0.2, 0) is 11.2 Å². The summed E-state index contributed by atoms with van der Waals surface area (Å²) in [4.78, 5) is 16.9. The molecule has 20 heavy (non-hydrogen) atoms. The number of hydrogen-bond acceptors (Lipinski definition) is 2. The molecule has 0 aromatic heterocycles. The molecular weight excluding hydrogens is 272 g/mol. The number of rotatable bonds is 2. The fourth-order valence-corrected chi connectivity index (χ4v) is 3.33. The van der Waals surface area contributed by atoms with Gasteiger partial charge in [0.15, 0.2) is 0 Å². The molecular formula is C16H22ClN2O-. The number of carbonyl (C=O) groups is 1. The van der Waals surface area contributed by atoms with Crippen molar-refractivity contribution in [3.8, 4) is 0 Å². The molecule has 2 aliphatic heterocycles. The smallest absolute Gasteiger partial charge is 0.241 e. The summed E-state index contributed by atoms with van der Waals surface area (Å²) in [5, 5.41) is 0. The molecule has 1 fully saturated rings. The SMILES string of the molecule is CC1Cc2ccccc2N1C(=O)CN1CCCCC1.[Cl-]. The van der Waals surface area contributed by atoms with Crippen molar-refractivity contribution in [3.05, 3.63) is 29.8 Å². The normalized spacial score (nSPS) is 22.2. The summed E-state index contributed by atoms with van der Waals surface area (Å²) in [5.74, 6) is 0.263. The lowest BCUT2D eigenvalue weighted by Crippen LogP contribution is -3.00. The topological polar surface area (TPSA) is 23.6 Å². The van der Waals surface area contributed by atoms with Crippen molar-refractivity contribution < 1.29 is 17.2 Å². The van der Waals surface area contributed by atoms with Crippen molar-refractivity contribution in [1.82, 2.24) is 4.90 Å². The van der Waals surface area contributed by atoms with E-state index in [0.29, 0.717) is 12.6 Å². The molecule has 0 bridgehead atoms. The molecule has 1 aromatic rings. The Morgan fingerprint density at radius 1 is 1.20 bits per heavy atom. The summed E-state index contributed by atoms with van der Waals surface area (Å²) in [5.41, 5.74) is 2.43. The van der Waals surface area contributed by atoms with Crippen molar-refractivity contribution in [3.63, 3.8) is 0 Å². The summed E-state index contributed by atoms with van der Waals surface area (Å²) in [7, 11) is 0. The Morgan fingerprint density at radius 2 is 1.90 bits per heavy atom. The maximum atomic E-state index is 12.6. The minimum absolute atomic E-state index is 0. The average molecular weight is 294 g/mol. The fourth-order valence-electron chi connectivity index (χ4n) is 3.33. The van der Waals surface area contributed by atoms with Gasteiger partial charge in [0, 0.05) is 11.7 Å². The van der Waals surface area contributed by atoms with Crippen molar-refractivity contribution >= 4 is 11.6 Å². The van der Waals surface area contributed by atoms with E-state index in [0.717, 1.165) is 25.2 Å². The molecule has 4 heteroatoms. The van der Waals surface area contributed by atoms with E-state index in [2.05, 4.69) is 30.0 Å². The first-order chi connectivity index (χ1) is 9.25. The second-order valence-electron chi connectivity index (χ2n) is 5.78. The number of fused-ring (bicyclic) bond motifs is 1. The second kappa shape index (κ2) is 6.59. The van der Waals surface area contributed by atoms with Gasteiger partial charge in [-0.2, -0.15) is 0 Å². The molecule has 0 saturated carbocycles. The lowest BCUT2D eigenvalue weighted by molar-refractivity contribution is -0.120. The molecule has 0 spiro atoms. The maximum absolute atomic E-state index is 12.6. The molecule has 1 unspecified atom stereocenters.